The number of rotatable bonds is 4. The quantitative estimate of drug-likeness (QED) is 0.635. The molecule has 0 aromatic carbocycles. The van der Waals surface area contributed by atoms with Gasteiger partial charge in [0.15, 0.2) is 0 Å². The van der Waals surface area contributed by atoms with E-state index < -0.39 is 0 Å². The topological polar surface area (TPSA) is 12.0 Å². The fourth-order valence-electron chi connectivity index (χ4n) is 2.93. The van der Waals surface area contributed by atoms with E-state index in [9.17, 15) is 0 Å². The number of unbranched alkanes of at least 4 members (excludes halogenated alkanes) is 2. The number of piperidine rings is 1. The van der Waals surface area contributed by atoms with Crippen molar-refractivity contribution in [3.05, 3.63) is 0 Å². The van der Waals surface area contributed by atoms with Crippen LogP contribution in [0.5, 0.6) is 0 Å². The minimum absolute atomic E-state index is 0.623. The summed E-state index contributed by atoms with van der Waals surface area (Å²) < 4.78 is 0. The van der Waals surface area contributed by atoms with Crippen LogP contribution in [0.4, 0.5) is 0 Å². The van der Waals surface area contributed by atoms with Crippen LogP contribution in [0.2, 0.25) is 0 Å². The van der Waals surface area contributed by atoms with Crippen LogP contribution in [-0.4, -0.2) is 11.6 Å². The first-order valence-electron chi connectivity index (χ1n) is 5.62. The van der Waals surface area contributed by atoms with E-state index in [1.165, 1.54) is 51.4 Å². The van der Waals surface area contributed by atoms with Gasteiger partial charge in [0.05, 0.1) is 0 Å². The zero-order valence-electron chi connectivity index (χ0n) is 8.23. The molecule has 2 atom stereocenters. The average molecular weight is 167 g/mol. The molecule has 2 bridgehead atoms. The summed E-state index contributed by atoms with van der Waals surface area (Å²) in [5.74, 6) is 0. The lowest BCUT2D eigenvalue weighted by Gasteiger charge is -2.54. The van der Waals surface area contributed by atoms with Crippen LogP contribution in [0.3, 0.4) is 0 Å². The van der Waals surface area contributed by atoms with Crippen molar-refractivity contribution in [3.63, 3.8) is 0 Å². The maximum Gasteiger partial charge on any atom is 0.0198 e. The second kappa shape index (κ2) is 3.37. The molecule has 3 rings (SSSR count). The van der Waals surface area contributed by atoms with E-state index >= 15 is 0 Å². The Morgan fingerprint density at radius 2 is 2.25 bits per heavy atom. The molecule has 2 heterocycles. The maximum absolute atomic E-state index is 3.75. The molecule has 0 amide bonds. The predicted molar refractivity (Wildman–Crippen MR) is 52.3 cm³/mol. The van der Waals surface area contributed by atoms with Gasteiger partial charge in [-0.15, -0.1) is 0 Å². The van der Waals surface area contributed by atoms with E-state index in [-0.39, 0.29) is 0 Å². The summed E-state index contributed by atoms with van der Waals surface area (Å²) in [6, 6.07) is 0.903. The van der Waals surface area contributed by atoms with Crippen LogP contribution >= 0.6 is 0 Å². The molecule has 3 fully saturated rings. The van der Waals surface area contributed by atoms with Crippen LogP contribution in [0.25, 0.3) is 0 Å². The van der Waals surface area contributed by atoms with E-state index in [0.29, 0.717) is 5.54 Å². The minimum atomic E-state index is 0.623. The van der Waals surface area contributed by atoms with E-state index in [4.69, 9.17) is 0 Å². The Bertz CT molecular complexity index is 142. The van der Waals surface area contributed by atoms with Crippen LogP contribution in [0.1, 0.15) is 58.3 Å². The highest BCUT2D eigenvalue weighted by atomic mass is 15.1. The van der Waals surface area contributed by atoms with E-state index in [1.807, 2.05) is 0 Å². The van der Waals surface area contributed by atoms with Crippen molar-refractivity contribution in [2.24, 2.45) is 0 Å². The third-order valence-corrected chi connectivity index (χ3v) is 3.61. The van der Waals surface area contributed by atoms with Crippen LogP contribution in [-0.2, 0) is 0 Å². The first kappa shape index (κ1) is 8.55. The molecule has 0 aromatic rings. The number of hydrogen-bond donors (Lipinski definition) is 1. The maximum atomic E-state index is 3.75. The normalized spacial score (nSPS) is 39.2. The Morgan fingerprint density at radius 1 is 1.42 bits per heavy atom. The Hall–Kier alpha value is -0.0400. The van der Waals surface area contributed by atoms with Gasteiger partial charge in [-0.25, -0.2) is 0 Å². The largest absolute Gasteiger partial charge is 0.308 e. The van der Waals surface area contributed by atoms with Crippen molar-refractivity contribution < 1.29 is 0 Å². The third kappa shape index (κ3) is 1.52. The van der Waals surface area contributed by atoms with Gasteiger partial charge in [0.2, 0.25) is 0 Å². The number of fused-ring (bicyclic) bond motifs is 2. The van der Waals surface area contributed by atoms with Gasteiger partial charge in [0.1, 0.15) is 0 Å². The summed E-state index contributed by atoms with van der Waals surface area (Å²) in [5.41, 5.74) is 0.623. The van der Waals surface area contributed by atoms with Crippen LogP contribution in [0.15, 0.2) is 0 Å². The second-order valence-corrected chi connectivity index (χ2v) is 4.68. The molecule has 0 radical (unpaired) electrons. The predicted octanol–water partition coefficient (Wildman–Crippen LogP) is 2.85. The van der Waals surface area contributed by atoms with Crippen molar-refractivity contribution in [2.45, 2.75) is 69.9 Å². The van der Waals surface area contributed by atoms with Crippen molar-refractivity contribution in [1.29, 1.82) is 0 Å². The first-order valence-corrected chi connectivity index (χ1v) is 5.62. The van der Waals surface area contributed by atoms with Gasteiger partial charge < -0.3 is 5.32 Å². The molecule has 1 N–H and O–H groups in total. The molecule has 1 heteroatoms. The molecule has 2 unspecified atom stereocenters. The fourth-order valence-corrected chi connectivity index (χ4v) is 2.93. The molecular weight excluding hydrogens is 146 g/mol. The zero-order chi connectivity index (χ0) is 8.44. The van der Waals surface area contributed by atoms with Gasteiger partial charge in [0, 0.05) is 11.6 Å². The lowest BCUT2D eigenvalue weighted by Crippen LogP contribution is -2.66. The van der Waals surface area contributed by atoms with Crippen molar-refractivity contribution in [1.82, 2.24) is 5.32 Å². The highest BCUT2D eigenvalue weighted by Gasteiger charge is 2.45. The zero-order valence-corrected chi connectivity index (χ0v) is 8.23. The molecule has 2 aliphatic heterocycles. The fraction of sp³-hybridized carbons (Fsp3) is 1.00. The van der Waals surface area contributed by atoms with Gasteiger partial charge in [-0.2, -0.15) is 0 Å². The molecule has 0 spiro atoms. The molecule has 12 heavy (non-hydrogen) atoms. The first-order chi connectivity index (χ1) is 5.85. The van der Waals surface area contributed by atoms with E-state index in [2.05, 4.69) is 12.2 Å². The van der Waals surface area contributed by atoms with Crippen molar-refractivity contribution in [3.8, 4) is 0 Å². The molecule has 0 aromatic heterocycles. The van der Waals surface area contributed by atoms with Crippen LogP contribution < -0.4 is 5.32 Å². The lowest BCUT2D eigenvalue weighted by atomic mass is 9.68. The van der Waals surface area contributed by atoms with Crippen LogP contribution in [0, 0.1) is 0 Å². The molecule has 3 aliphatic rings. The summed E-state index contributed by atoms with van der Waals surface area (Å²) >= 11 is 0. The summed E-state index contributed by atoms with van der Waals surface area (Å²) in [4.78, 5) is 0. The van der Waals surface area contributed by atoms with Crippen molar-refractivity contribution >= 4 is 0 Å². The van der Waals surface area contributed by atoms with Gasteiger partial charge in [-0.05, 0) is 25.7 Å². The average Bonchev–Trinajstić information content (AvgIpc) is 2.04. The third-order valence-electron chi connectivity index (χ3n) is 3.61. The molecule has 1 saturated carbocycles. The summed E-state index contributed by atoms with van der Waals surface area (Å²) in [6.07, 6.45) is 11.5. The molecular formula is C11H21N. The number of nitrogens with one attached hydrogen (secondary N) is 1. The van der Waals surface area contributed by atoms with Gasteiger partial charge in [-0.1, -0.05) is 32.6 Å². The Morgan fingerprint density at radius 3 is 2.83 bits per heavy atom. The molecule has 70 valence electrons. The summed E-state index contributed by atoms with van der Waals surface area (Å²) in [6.45, 7) is 2.29. The summed E-state index contributed by atoms with van der Waals surface area (Å²) in [7, 11) is 0. The van der Waals surface area contributed by atoms with E-state index in [0.717, 1.165) is 6.04 Å². The minimum Gasteiger partial charge on any atom is -0.308 e. The molecule has 1 nitrogen and oxygen atoms in total. The lowest BCUT2D eigenvalue weighted by molar-refractivity contribution is 0.0603. The Labute approximate surface area is 75.9 Å². The Balaban J connectivity index is 1.72. The van der Waals surface area contributed by atoms with Gasteiger partial charge >= 0.3 is 0 Å². The highest BCUT2D eigenvalue weighted by molar-refractivity contribution is 5.06. The summed E-state index contributed by atoms with van der Waals surface area (Å²) in [5, 5.41) is 3.75. The monoisotopic (exact) mass is 167 g/mol. The highest BCUT2D eigenvalue weighted by Crippen LogP contribution is 2.41. The SMILES string of the molecule is CCCCCC12CCCC(C1)N2. The van der Waals surface area contributed by atoms with E-state index in [1.54, 1.807) is 0 Å². The molecule has 2 saturated heterocycles. The smallest absolute Gasteiger partial charge is 0.0198 e. The Kier molecular flexibility index (Phi) is 2.40. The standard InChI is InChI=1S/C11H21N/c1-2-3-4-7-11-8-5-6-10(9-11)12-11/h10,12H,2-9H2,1H3. The van der Waals surface area contributed by atoms with Gasteiger partial charge in [-0.3, -0.25) is 0 Å². The van der Waals surface area contributed by atoms with Crippen molar-refractivity contribution in [2.75, 3.05) is 0 Å². The van der Waals surface area contributed by atoms with Gasteiger partial charge in [0.25, 0.3) is 0 Å². The second-order valence-electron chi connectivity index (χ2n) is 4.68. The molecule has 1 aliphatic carbocycles. The number of hydrogen-bond acceptors (Lipinski definition) is 1.